The molecule has 1 N–H and O–H groups in total. The zero-order valence-corrected chi connectivity index (χ0v) is 46.1. The predicted octanol–water partition coefficient (Wildman–Crippen LogP) is 23.2. The van der Waals surface area contributed by atoms with Gasteiger partial charge in [-0.05, 0) is 23.8 Å². The van der Waals surface area contributed by atoms with Crippen molar-refractivity contribution in [1.29, 1.82) is 0 Å². The Morgan fingerprint density at radius 3 is 0.803 bits per heavy atom. The lowest BCUT2D eigenvalue weighted by Crippen LogP contribution is -2.12. The van der Waals surface area contributed by atoms with Gasteiger partial charge in [0.15, 0.2) is 0 Å². The minimum Gasteiger partial charge on any atom is -0.326 e. The lowest BCUT2D eigenvalue weighted by Gasteiger charge is -2.10. The Labute approximate surface area is 420 Å². The summed E-state index contributed by atoms with van der Waals surface area (Å²) >= 11 is 1.90. The van der Waals surface area contributed by atoms with Gasteiger partial charge in [0.1, 0.15) is 0 Å². The van der Waals surface area contributed by atoms with Gasteiger partial charge < -0.3 is 5.32 Å². The van der Waals surface area contributed by atoms with Crippen LogP contribution in [0.1, 0.15) is 353 Å². The topological polar surface area (TPSA) is 29.1 Å². The van der Waals surface area contributed by atoms with Gasteiger partial charge in [-0.25, -0.2) is 0 Å². The van der Waals surface area contributed by atoms with Crippen molar-refractivity contribution < 1.29 is 4.79 Å². The van der Waals surface area contributed by atoms with E-state index in [4.69, 9.17) is 0 Å². The molecule has 0 aromatic heterocycles. The Hall–Kier alpha value is -0.960. The van der Waals surface area contributed by atoms with Crippen LogP contribution in [0.3, 0.4) is 0 Å². The second-order valence-electron chi connectivity index (χ2n) is 21.3. The van der Waals surface area contributed by atoms with Gasteiger partial charge in [-0.15, -0.1) is 0 Å². The normalized spacial score (nSPS) is 11.5. The summed E-state index contributed by atoms with van der Waals surface area (Å²) in [7, 11) is 0. The Kier molecular flexibility index (Phi) is 52.5. The third-order valence-electron chi connectivity index (χ3n) is 14.8. The van der Waals surface area contributed by atoms with E-state index in [9.17, 15) is 4.79 Å². The number of amides is 1. The smallest absolute Gasteiger partial charge is 0.224 e. The standard InChI is InChI=1S/C63H119NOS/c1-3-5-6-7-8-9-10-11-12-13-14-15-16-17-18-19-20-21-22-23-24-25-26-27-28-29-30-31-32-33-34-35-36-37-38-39-40-41-42-43-44-45-46-47-48-49-50-51-52-53-54-59-63(65)64-62-58-56-55-57-61(62)60-66-4-2/h55-58H,3-54,59-60H2,1-2H3,(H,64,65). The van der Waals surface area contributed by atoms with E-state index in [0.29, 0.717) is 6.42 Å². The highest BCUT2D eigenvalue weighted by Crippen LogP contribution is 2.23. The third-order valence-corrected chi connectivity index (χ3v) is 15.7. The lowest BCUT2D eigenvalue weighted by molar-refractivity contribution is -0.116. The Bertz CT molecular complexity index is 1070. The maximum absolute atomic E-state index is 12.4. The molecule has 0 fully saturated rings. The molecule has 0 unspecified atom stereocenters. The molecule has 66 heavy (non-hydrogen) atoms. The number of thioether (sulfide) groups is 1. The van der Waals surface area contributed by atoms with Crippen LogP contribution in [0.25, 0.3) is 0 Å². The molecule has 1 aromatic carbocycles. The molecular weight excluding hydrogens is 819 g/mol. The molecule has 1 aromatic rings. The fraction of sp³-hybridized carbons (Fsp3) is 0.889. The van der Waals surface area contributed by atoms with E-state index in [0.717, 1.165) is 23.6 Å². The summed E-state index contributed by atoms with van der Waals surface area (Å²) in [6, 6.07) is 8.25. The molecule has 0 spiro atoms. The fourth-order valence-corrected chi connectivity index (χ4v) is 10.9. The number of benzene rings is 1. The number of anilines is 1. The number of carbonyl (C=O) groups excluding carboxylic acids is 1. The van der Waals surface area contributed by atoms with Gasteiger partial charge in [0.2, 0.25) is 5.91 Å². The van der Waals surface area contributed by atoms with Crippen LogP contribution in [-0.4, -0.2) is 11.7 Å². The monoisotopic (exact) mass is 938 g/mol. The summed E-state index contributed by atoms with van der Waals surface area (Å²) in [4.78, 5) is 12.4. The van der Waals surface area contributed by atoms with Crippen LogP contribution in [0.4, 0.5) is 5.69 Å². The summed E-state index contributed by atoms with van der Waals surface area (Å²) in [5.74, 6) is 2.24. The fourth-order valence-electron chi connectivity index (χ4n) is 10.2. The highest BCUT2D eigenvalue weighted by atomic mass is 32.2. The highest BCUT2D eigenvalue weighted by Gasteiger charge is 2.07. The van der Waals surface area contributed by atoms with Crippen molar-refractivity contribution in [3.8, 4) is 0 Å². The van der Waals surface area contributed by atoms with Gasteiger partial charge in [0.05, 0.1) is 0 Å². The van der Waals surface area contributed by atoms with Crippen molar-refractivity contribution in [2.75, 3.05) is 11.1 Å². The molecule has 1 rings (SSSR count). The van der Waals surface area contributed by atoms with E-state index < -0.39 is 0 Å². The maximum Gasteiger partial charge on any atom is 0.224 e. The largest absolute Gasteiger partial charge is 0.326 e. The summed E-state index contributed by atoms with van der Waals surface area (Å²) in [6.45, 7) is 4.49. The summed E-state index contributed by atoms with van der Waals surface area (Å²) in [5.41, 5.74) is 2.23. The molecule has 3 heteroatoms. The molecule has 0 bridgehead atoms. The number of carbonyl (C=O) groups is 1. The minimum atomic E-state index is 0.173. The molecule has 0 aliphatic heterocycles. The molecule has 0 aliphatic carbocycles. The van der Waals surface area contributed by atoms with Crippen molar-refractivity contribution in [2.45, 2.75) is 353 Å². The molecule has 0 atom stereocenters. The summed E-state index contributed by atoms with van der Waals surface area (Å²) in [6.07, 6.45) is 74.6. The number of para-hydroxylation sites is 1. The van der Waals surface area contributed by atoms with Gasteiger partial charge in [-0.3, -0.25) is 4.79 Å². The number of unbranched alkanes of at least 4 members (excludes halogenated alkanes) is 50. The second kappa shape index (κ2) is 55.0. The molecule has 0 heterocycles. The van der Waals surface area contributed by atoms with Gasteiger partial charge in [-0.2, -0.15) is 11.8 Å². The van der Waals surface area contributed by atoms with Crippen molar-refractivity contribution >= 4 is 23.4 Å². The van der Waals surface area contributed by atoms with Crippen LogP contribution in [-0.2, 0) is 10.5 Å². The van der Waals surface area contributed by atoms with Crippen LogP contribution in [0.2, 0.25) is 0 Å². The number of rotatable bonds is 56. The molecule has 388 valence electrons. The van der Waals surface area contributed by atoms with Gasteiger partial charge in [-0.1, -0.05) is 353 Å². The Balaban J connectivity index is 1.64. The van der Waals surface area contributed by atoms with Crippen LogP contribution in [0.5, 0.6) is 0 Å². The van der Waals surface area contributed by atoms with Crippen molar-refractivity contribution in [3.05, 3.63) is 29.8 Å². The first-order valence-electron chi connectivity index (χ1n) is 30.7. The van der Waals surface area contributed by atoms with Crippen LogP contribution in [0.15, 0.2) is 24.3 Å². The SMILES string of the molecule is CCCCCCCCCCCCCCCCCCCCCCCCCCCCCCCCCCCCCCCCCCCCCCCCCCCCCC(=O)Nc1ccccc1CSCC. The van der Waals surface area contributed by atoms with E-state index >= 15 is 0 Å². The van der Waals surface area contributed by atoms with Crippen LogP contribution in [0, 0.1) is 0 Å². The molecule has 1 amide bonds. The average Bonchev–Trinajstić information content (AvgIpc) is 3.33. The van der Waals surface area contributed by atoms with Crippen molar-refractivity contribution in [3.63, 3.8) is 0 Å². The first-order chi connectivity index (χ1) is 32.8. The van der Waals surface area contributed by atoms with Crippen molar-refractivity contribution in [1.82, 2.24) is 0 Å². The molecule has 0 saturated carbocycles. The Morgan fingerprint density at radius 1 is 0.333 bits per heavy atom. The summed E-state index contributed by atoms with van der Waals surface area (Å²) in [5, 5.41) is 3.15. The number of hydrogen-bond acceptors (Lipinski definition) is 2. The molecule has 0 saturated heterocycles. The van der Waals surface area contributed by atoms with Gasteiger partial charge >= 0.3 is 0 Å². The summed E-state index contributed by atoms with van der Waals surface area (Å²) < 4.78 is 0. The lowest BCUT2D eigenvalue weighted by atomic mass is 10.0. The number of hydrogen-bond donors (Lipinski definition) is 1. The van der Waals surface area contributed by atoms with Crippen molar-refractivity contribution in [2.24, 2.45) is 0 Å². The van der Waals surface area contributed by atoms with Gasteiger partial charge in [0, 0.05) is 17.9 Å². The first kappa shape index (κ1) is 63.1. The average molecular weight is 939 g/mol. The quantitative estimate of drug-likeness (QED) is 0.0660. The van der Waals surface area contributed by atoms with E-state index in [1.807, 2.05) is 23.9 Å². The third kappa shape index (κ3) is 48.1. The molecular formula is C63H119NOS. The van der Waals surface area contributed by atoms with Gasteiger partial charge in [0.25, 0.3) is 0 Å². The zero-order chi connectivity index (χ0) is 47.2. The van der Waals surface area contributed by atoms with E-state index in [1.165, 1.54) is 327 Å². The van der Waals surface area contributed by atoms with E-state index in [1.54, 1.807) is 0 Å². The van der Waals surface area contributed by atoms with E-state index in [2.05, 4.69) is 31.3 Å². The predicted molar refractivity (Wildman–Crippen MR) is 303 cm³/mol. The highest BCUT2D eigenvalue weighted by molar-refractivity contribution is 7.98. The molecule has 0 aliphatic rings. The zero-order valence-electron chi connectivity index (χ0n) is 45.3. The minimum absolute atomic E-state index is 0.173. The maximum atomic E-state index is 12.4. The van der Waals surface area contributed by atoms with Crippen LogP contribution < -0.4 is 5.32 Å². The van der Waals surface area contributed by atoms with Crippen LogP contribution >= 0.6 is 11.8 Å². The molecule has 2 nitrogen and oxygen atoms in total. The Morgan fingerprint density at radius 2 is 0.561 bits per heavy atom. The molecule has 0 radical (unpaired) electrons. The second-order valence-corrected chi connectivity index (χ2v) is 22.5. The first-order valence-corrected chi connectivity index (χ1v) is 31.9. The number of nitrogens with one attached hydrogen (secondary N) is 1. The van der Waals surface area contributed by atoms with E-state index in [-0.39, 0.29) is 5.91 Å².